The summed E-state index contributed by atoms with van der Waals surface area (Å²) in [5.41, 5.74) is 1.98. The third-order valence-electron chi connectivity index (χ3n) is 4.23. The Hall–Kier alpha value is -1.67. The lowest BCUT2D eigenvalue weighted by Gasteiger charge is -2.34. The summed E-state index contributed by atoms with van der Waals surface area (Å²) < 4.78 is 22.0. The van der Waals surface area contributed by atoms with Crippen LogP contribution in [0.1, 0.15) is 19.8 Å². The smallest absolute Gasteiger partial charge is 0.159 e. The van der Waals surface area contributed by atoms with Crippen LogP contribution in [0.15, 0.2) is 18.5 Å². The van der Waals surface area contributed by atoms with Gasteiger partial charge < -0.3 is 18.6 Å². The van der Waals surface area contributed by atoms with E-state index >= 15 is 0 Å². The Morgan fingerprint density at radius 2 is 2.23 bits per heavy atom. The number of fused-ring (bicyclic) bond motifs is 1. The maximum absolute atomic E-state index is 11.1. The molecule has 3 rings (SSSR count). The van der Waals surface area contributed by atoms with Crippen molar-refractivity contribution >= 4 is 27.5 Å². The van der Waals surface area contributed by atoms with Crippen LogP contribution >= 0.6 is 0 Å². The van der Waals surface area contributed by atoms with Gasteiger partial charge in [0.1, 0.15) is 0 Å². The number of nitrogens with zero attached hydrogens (tertiary/aromatic N) is 4. The van der Waals surface area contributed by atoms with E-state index in [9.17, 15) is 4.21 Å². The zero-order chi connectivity index (χ0) is 15.5. The van der Waals surface area contributed by atoms with E-state index in [2.05, 4.69) is 22.3 Å². The Kier molecular flexibility index (Phi) is 4.58. The molecule has 1 aliphatic heterocycles. The van der Waals surface area contributed by atoms with Crippen molar-refractivity contribution in [1.29, 1.82) is 4.78 Å². The molecule has 0 saturated carbocycles. The standard InChI is InChI=1S/C14H21N6OS/c1-2-20-14-12(10-18-20)13(3-6-16-14)17-9-11-4-7-19(8-5-11)22(15)21/h3,6,10-11,15H,2,4-5,7-9H2,1H3,(H,16,17)/q-1. The predicted octanol–water partition coefficient (Wildman–Crippen LogP) is 2.22. The number of anilines is 1. The van der Waals surface area contributed by atoms with Crippen LogP contribution in [0.3, 0.4) is 0 Å². The first-order chi connectivity index (χ1) is 10.7. The summed E-state index contributed by atoms with van der Waals surface area (Å²) in [6.45, 7) is 5.22. The van der Waals surface area contributed by atoms with E-state index in [4.69, 9.17) is 4.78 Å². The fourth-order valence-corrected chi connectivity index (χ4v) is 3.44. The van der Waals surface area contributed by atoms with E-state index in [1.54, 1.807) is 4.31 Å². The highest BCUT2D eigenvalue weighted by molar-refractivity contribution is 7.70. The van der Waals surface area contributed by atoms with Gasteiger partial charge in [-0.3, -0.25) is 0 Å². The summed E-state index contributed by atoms with van der Waals surface area (Å²) in [5, 5.41) is 8.91. The molecule has 1 saturated heterocycles. The fourth-order valence-electron chi connectivity index (χ4n) is 2.90. The molecule has 7 nitrogen and oxygen atoms in total. The minimum Gasteiger partial charge on any atom is -0.430 e. The highest BCUT2D eigenvalue weighted by atomic mass is 32.2. The number of rotatable bonds is 5. The molecule has 2 aromatic heterocycles. The molecule has 0 atom stereocenters. The van der Waals surface area contributed by atoms with Gasteiger partial charge in [0, 0.05) is 25.0 Å². The van der Waals surface area contributed by atoms with Gasteiger partial charge in [-0.25, -0.2) is 9.67 Å². The van der Waals surface area contributed by atoms with Crippen molar-refractivity contribution < 1.29 is 4.21 Å². The second-order valence-electron chi connectivity index (χ2n) is 5.56. The van der Waals surface area contributed by atoms with Crippen LogP contribution < -0.4 is 5.32 Å². The van der Waals surface area contributed by atoms with Crippen molar-refractivity contribution in [1.82, 2.24) is 19.1 Å². The van der Waals surface area contributed by atoms with Crippen LogP contribution in [0.5, 0.6) is 0 Å². The number of aromatic nitrogens is 3. The van der Waals surface area contributed by atoms with Gasteiger partial charge in [-0.2, -0.15) is 5.10 Å². The van der Waals surface area contributed by atoms with Gasteiger partial charge >= 0.3 is 0 Å². The topological polar surface area (TPSA) is 86.9 Å². The first-order valence-corrected chi connectivity index (χ1v) is 8.72. The van der Waals surface area contributed by atoms with Gasteiger partial charge in [0.15, 0.2) is 5.65 Å². The van der Waals surface area contributed by atoms with Gasteiger partial charge in [-0.15, -0.1) is 10.8 Å². The maximum Gasteiger partial charge on any atom is 0.159 e. The normalized spacial score (nSPS) is 17.4. The van der Waals surface area contributed by atoms with Gasteiger partial charge in [0.05, 0.1) is 11.6 Å². The number of nitrogens with one attached hydrogen (secondary N) is 2. The van der Waals surface area contributed by atoms with E-state index in [-0.39, 0.29) is 0 Å². The number of hydrogen-bond donors (Lipinski definition) is 2. The lowest BCUT2D eigenvalue weighted by atomic mass is 9.98. The number of piperidine rings is 1. The van der Waals surface area contributed by atoms with Crippen LogP contribution in [0, 0.1) is 10.7 Å². The van der Waals surface area contributed by atoms with E-state index in [0.29, 0.717) is 5.92 Å². The van der Waals surface area contributed by atoms with E-state index in [1.807, 2.05) is 23.1 Å². The second-order valence-corrected chi connectivity index (χ2v) is 6.57. The summed E-state index contributed by atoms with van der Waals surface area (Å²) in [4.78, 5) is 4.40. The summed E-state index contributed by atoms with van der Waals surface area (Å²) in [7, 11) is -1.58. The second kappa shape index (κ2) is 6.62. The van der Waals surface area contributed by atoms with Crippen molar-refractivity contribution in [3.05, 3.63) is 18.5 Å². The van der Waals surface area contributed by atoms with Crippen molar-refractivity contribution in [3.63, 3.8) is 0 Å². The summed E-state index contributed by atoms with van der Waals surface area (Å²) in [5.74, 6) is 0.546. The molecule has 0 spiro atoms. The molecular weight excluding hydrogens is 300 g/mol. The highest BCUT2D eigenvalue weighted by Gasteiger charge is 2.16. The monoisotopic (exact) mass is 321 g/mol. The van der Waals surface area contributed by atoms with Crippen molar-refractivity contribution in [2.75, 3.05) is 25.0 Å². The average molecular weight is 321 g/mol. The average Bonchev–Trinajstić information content (AvgIpc) is 2.97. The fraction of sp³-hybridized carbons (Fsp3) is 0.571. The number of pyridine rings is 1. The summed E-state index contributed by atoms with van der Waals surface area (Å²) >= 11 is 0. The molecule has 0 radical (unpaired) electrons. The zero-order valence-electron chi connectivity index (χ0n) is 12.7. The summed E-state index contributed by atoms with van der Waals surface area (Å²) in [6.07, 6.45) is 5.62. The molecular formula is C14H21N6OS-. The zero-order valence-corrected chi connectivity index (χ0v) is 13.5. The molecule has 0 aromatic carbocycles. The lowest BCUT2D eigenvalue weighted by Crippen LogP contribution is -2.34. The Bertz CT molecular complexity index is 709. The predicted molar refractivity (Wildman–Crippen MR) is 86.8 cm³/mol. The molecule has 0 aliphatic carbocycles. The van der Waals surface area contributed by atoms with Crippen LogP contribution in [-0.4, -0.2) is 38.7 Å². The SMILES string of the molecule is CCn1ncc2c(NCC3CCN([S-](=N)=O)CC3)ccnc21. The number of aryl methyl sites for hydroxylation is 1. The van der Waals surface area contributed by atoms with Gasteiger partial charge in [0.25, 0.3) is 0 Å². The molecule has 120 valence electrons. The van der Waals surface area contributed by atoms with E-state index < -0.39 is 10.8 Å². The van der Waals surface area contributed by atoms with Gasteiger partial charge in [0.2, 0.25) is 0 Å². The molecule has 2 N–H and O–H groups in total. The maximum atomic E-state index is 11.1. The van der Waals surface area contributed by atoms with Crippen LogP contribution in [0.2, 0.25) is 0 Å². The molecule has 3 heterocycles. The van der Waals surface area contributed by atoms with Gasteiger partial charge in [-0.05, 0) is 44.8 Å². The molecule has 8 heteroatoms. The van der Waals surface area contributed by atoms with Crippen molar-refractivity contribution in [3.8, 4) is 0 Å². The van der Waals surface area contributed by atoms with E-state index in [1.165, 1.54) is 0 Å². The highest BCUT2D eigenvalue weighted by Crippen LogP contribution is 2.23. The molecule has 1 aliphatic rings. The van der Waals surface area contributed by atoms with Crippen molar-refractivity contribution in [2.24, 2.45) is 5.92 Å². The Morgan fingerprint density at radius 1 is 1.45 bits per heavy atom. The summed E-state index contributed by atoms with van der Waals surface area (Å²) in [6, 6.07) is 1.98. The molecule has 0 amide bonds. The first kappa shape index (κ1) is 15.2. The van der Waals surface area contributed by atoms with Crippen LogP contribution in [0.25, 0.3) is 11.0 Å². The minimum absolute atomic E-state index is 0.546. The largest absolute Gasteiger partial charge is 0.430 e. The Morgan fingerprint density at radius 3 is 2.91 bits per heavy atom. The molecule has 22 heavy (non-hydrogen) atoms. The Balaban J connectivity index is 1.64. The molecule has 2 aromatic rings. The quantitative estimate of drug-likeness (QED) is 0.827. The van der Waals surface area contributed by atoms with Crippen LogP contribution in [-0.2, 0) is 21.5 Å². The van der Waals surface area contributed by atoms with Gasteiger partial charge in [-0.1, -0.05) is 0 Å². The Labute approximate surface area is 131 Å². The van der Waals surface area contributed by atoms with Crippen LogP contribution in [0.4, 0.5) is 5.69 Å². The number of hydrogen-bond acceptors (Lipinski definition) is 6. The molecule has 0 unspecified atom stereocenters. The molecule has 0 bridgehead atoms. The lowest BCUT2D eigenvalue weighted by molar-refractivity contribution is 0.292. The third-order valence-corrected chi connectivity index (χ3v) is 5.06. The minimum atomic E-state index is -1.58. The van der Waals surface area contributed by atoms with E-state index in [0.717, 1.165) is 55.7 Å². The third kappa shape index (κ3) is 3.07. The van der Waals surface area contributed by atoms with Crippen molar-refractivity contribution in [2.45, 2.75) is 26.3 Å². The molecule has 1 fully saturated rings. The first-order valence-electron chi connectivity index (χ1n) is 7.61.